The molecule has 0 fully saturated rings. The van der Waals surface area contributed by atoms with E-state index in [9.17, 15) is 13.6 Å². The molecule has 0 N–H and O–H groups in total. The van der Waals surface area contributed by atoms with E-state index in [1.54, 1.807) is 0 Å². The molecule has 0 aliphatic rings. The average molecular weight is 244 g/mol. The van der Waals surface area contributed by atoms with E-state index in [-0.39, 0.29) is 11.0 Å². The Hall–Kier alpha value is -0.900. The molecule has 0 aliphatic carbocycles. The van der Waals surface area contributed by atoms with Gasteiger partial charge in [-0.3, -0.25) is 4.79 Å². The maximum Gasteiger partial charge on any atom is 0.178 e. The Kier molecular flexibility index (Phi) is 4.47. The number of benzene rings is 1. The van der Waals surface area contributed by atoms with Gasteiger partial charge in [0.05, 0.1) is 11.3 Å². The normalized spacial score (nSPS) is 10.9. The first kappa shape index (κ1) is 13.2. The van der Waals surface area contributed by atoms with Crippen molar-refractivity contribution < 1.29 is 13.6 Å². The first-order valence-electron chi connectivity index (χ1n) is 5.03. The zero-order valence-electron chi connectivity index (χ0n) is 9.51. The Bertz CT molecular complexity index is 402. The molecule has 1 nitrogen and oxygen atoms in total. The largest absolute Gasteiger partial charge is 0.293 e. The first-order valence-corrected chi connectivity index (χ1v) is 6.07. The summed E-state index contributed by atoms with van der Waals surface area (Å²) >= 11 is 1.37. The maximum atomic E-state index is 13.6. The predicted octanol–water partition coefficient (Wildman–Crippen LogP) is 3.60. The Morgan fingerprint density at radius 3 is 2.56 bits per heavy atom. The minimum Gasteiger partial charge on any atom is -0.293 e. The Balaban J connectivity index is 2.95. The highest BCUT2D eigenvalue weighted by Crippen LogP contribution is 2.19. The molecule has 16 heavy (non-hydrogen) atoms. The third-order valence-corrected chi connectivity index (χ3v) is 3.21. The number of hydrogen-bond acceptors (Lipinski definition) is 2. The van der Waals surface area contributed by atoms with E-state index in [0.29, 0.717) is 5.56 Å². The van der Waals surface area contributed by atoms with Crippen LogP contribution in [0.5, 0.6) is 0 Å². The summed E-state index contributed by atoms with van der Waals surface area (Å²) in [5.41, 5.74) is -0.118. The quantitative estimate of drug-likeness (QED) is 0.753. The number of carbonyl (C=O) groups is 1. The van der Waals surface area contributed by atoms with Crippen molar-refractivity contribution in [3.8, 4) is 0 Å². The van der Waals surface area contributed by atoms with Crippen molar-refractivity contribution in [2.75, 3.05) is 5.75 Å². The number of rotatable bonds is 4. The van der Waals surface area contributed by atoms with Gasteiger partial charge in [-0.2, -0.15) is 11.8 Å². The van der Waals surface area contributed by atoms with Crippen LogP contribution < -0.4 is 0 Å². The van der Waals surface area contributed by atoms with Gasteiger partial charge in [0.15, 0.2) is 5.78 Å². The van der Waals surface area contributed by atoms with Gasteiger partial charge in [-0.15, -0.1) is 0 Å². The number of Topliss-reactive ketones (excluding diaryl/α,β-unsaturated/α-hetero) is 1. The van der Waals surface area contributed by atoms with Gasteiger partial charge in [-0.25, -0.2) is 8.78 Å². The fourth-order valence-corrected chi connectivity index (χ4v) is 1.86. The van der Waals surface area contributed by atoms with E-state index >= 15 is 0 Å². The zero-order valence-corrected chi connectivity index (χ0v) is 10.3. The van der Waals surface area contributed by atoms with Crippen molar-refractivity contribution in [2.24, 2.45) is 0 Å². The molecule has 88 valence electrons. The molecular weight excluding hydrogens is 230 g/mol. The van der Waals surface area contributed by atoms with Gasteiger partial charge in [0, 0.05) is 0 Å². The minimum atomic E-state index is -0.780. The number of ketones is 1. The van der Waals surface area contributed by atoms with Gasteiger partial charge in [0.1, 0.15) is 11.6 Å². The minimum absolute atomic E-state index is 0.106. The highest BCUT2D eigenvalue weighted by Gasteiger charge is 2.19. The monoisotopic (exact) mass is 244 g/mol. The topological polar surface area (TPSA) is 17.1 Å². The van der Waals surface area contributed by atoms with Gasteiger partial charge < -0.3 is 0 Å². The third-order valence-electron chi connectivity index (χ3n) is 2.11. The highest BCUT2D eigenvalue weighted by molar-refractivity contribution is 8.00. The van der Waals surface area contributed by atoms with Crippen molar-refractivity contribution >= 4 is 17.5 Å². The molecule has 0 radical (unpaired) electrons. The second kappa shape index (κ2) is 5.43. The summed E-state index contributed by atoms with van der Waals surface area (Å²) in [4.78, 5) is 11.6. The van der Waals surface area contributed by atoms with Crippen LogP contribution in [0.1, 0.15) is 29.8 Å². The second-order valence-electron chi connectivity index (χ2n) is 3.84. The second-order valence-corrected chi connectivity index (χ2v) is 5.40. The number of thioether (sulfide) groups is 1. The van der Waals surface area contributed by atoms with Crippen LogP contribution in [0.15, 0.2) is 12.1 Å². The number of aryl methyl sites for hydroxylation is 1. The lowest BCUT2D eigenvalue weighted by atomic mass is 10.1. The molecule has 0 aliphatic heterocycles. The van der Waals surface area contributed by atoms with E-state index in [4.69, 9.17) is 0 Å². The van der Waals surface area contributed by atoms with Crippen molar-refractivity contribution in [2.45, 2.75) is 26.0 Å². The lowest BCUT2D eigenvalue weighted by Gasteiger charge is -2.07. The van der Waals surface area contributed by atoms with Crippen LogP contribution in [-0.4, -0.2) is 16.8 Å². The molecule has 0 unspecified atom stereocenters. The first-order chi connectivity index (χ1) is 7.43. The maximum absolute atomic E-state index is 13.6. The van der Waals surface area contributed by atoms with Crippen LogP contribution in [-0.2, 0) is 0 Å². The van der Waals surface area contributed by atoms with E-state index in [1.165, 1.54) is 24.8 Å². The van der Waals surface area contributed by atoms with Crippen LogP contribution >= 0.6 is 11.8 Å². The SMILES string of the molecule is Cc1ccc(F)c(C(=O)CSC(C)C)c1F. The smallest absolute Gasteiger partial charge is 0.178 e. The molecular formula is C12H14F2OS. The summed E-state index contributed by atoms with van der Waals surface area (Å²) in [6.07, 6.45) is 0. The van der Waals surface area contributed by atoms with E-state index in [2.05, 4.69) is 0 Å². The van der Waals surface area contributed by atoms with Gasteiger partial charge >= 0.3 is 0 Å². The Morgan fingerprint density at radius 2 is 2.00 bits per heavy atom. The average Bonchev–Trinajstić information content (AvgIpc) is 2.21. The molecule has 0 saturated carbocycles. The van der Waals surface area contributed by atoms with Crippen molar-refractivity contribution in [1.82, 2.24) is 0 Å². The summed E-state index contributed by atoms with van der Waals surface area (Å²) < 4.78 is 26.9. The van der Waals surface area contributed by atoms with E-state index in [1.807, 2.05) is 13.8 Å². The molecule has 1 aromatic rings. The molecule has 0 saturated heterocycles. The molecule has 0 bridgehead atoms. The highest BCUT2D eigenvalue weighted by atomic mass is 32.2. The molecule has 0 spiro atoms. The van der Waals surface area contributed by atoms with E-state index in [0.717, 1.165) is 6.07 Å². The lowest BCUT2D eigenvalue weighted by molar-refractivity contribution is 0.101. The summed E-state index contributed by atoms with van der Waals surface area (Å²) in [6.45, 7) is 5.38. The lowest BCUT2D eigenvalue weighted by Crippen LogP contribution is -2.11. The van der Waals surface area contributed by atoms with Gasteiger partial charge in [-0.1, -0.05) is 19.9 Å². The van der Waals surface area contributed by atoms with Crippen molar-refractivity contribution in [3.05, 3.63) is 34.9 Å². The van der Waals surface area contributed by atoms with Crippen molar-refractivity contribution in [3.63, 3.8) is 0 Å². The van der Waals surface area contributed by atoms with Gasteiger partial charge in [0.25, 0.3) is 0 Å². The zero-order chi connectivity index (χ0) is 12.3. The molecule has 1 aromatic carbocycles. The van der Waals surface area contributed by atoms with Gasteiger partial charge in [0.2, 0.25) is 0 Å². The molecule has 0 aromatic heterocycles. The number of carbonyl (C=O) groups excluding carboxylic acids is 1. The molecule has 0 heterocycles. The number of halogens is 2. The van der Waals surface area contributed by atoms with Crippen molar-refractivity contribution in [1.29, 1.82) is 0 Å². The summed E-state index contributed by atoms with van der Waals surface area (Å²) in [7, 11) is 0. The third kappa shape index (κ3) is 3.04. The van der Waals surface area contributed by atoms with Gasteiger partial charge in [-0.05, 0) is 23.8 Å². The summed E-state index contributed by atoms with van der Waals surface area (Å²) in [5, 5.41) is 0.264. The van der Waals surface area contributed by atoms with Crippen LogP contribution in [0.2, 0.25) is 0 Å². The number of hydrogen-bond donors (Lipinski definition) is 0. The summed E-state index contributed by atoms with van der Waals surface area (Å²) in [5.74, 6) is -1.90. The van der Waals surface area contributed by atoms with Crippen LogP contribution in [0, 0.1) is 18.6 Å². The summed E-state index contributed by atoms with van der Waals surface area (Å²) in [6, 6.07) is 2.46. The molecule has 4 heteroatoms. The fourth-order valence-electron chi connectivity index (χ4n) is 1.23. The Labute approximate surface area is 98.2 Å². The predicted molar refractivity (Wildman–Crippen MR) is 63.0 cm³/mol. The standard InChI is InChI=1S/C12H14F2OS/c1-7(2)16-6-10(15)11-9(13)5-4-8(3)12(11)14/h4-5,7H,6H2,1-3H3. The molecule has 0 atom stereocenters. The fraction of sp³-hybridized carbons (Fsp3) is 0.417. The molecule has 0 amide bonds. The van der Waals surface area contributed by atoms with Crippen LogP contribution in [0.3, 0.4) is 0 Å². The van der Waals surface area contributed by atoms with Crippen LogP contribution in [0.4, 0.5) is 8.78 Å². The Morgan fingerprint density at radius 1 is 1.38 bits per heavy atom. The van der Waals surface area contributed by atoms with Crippen LogP contribution in [0.25, 0.3) is 0 Å². The van der Waals surface area contributed by atoms with E-state index < -0.39 is 23.0 Å². The molecule has 1 rings (SSSR count).